The maximum atomic E-state index is 12.2. The zero-order chi connectivity index (χ0) is 18.1. The molecule has 0 atom stereocenters. The lowest BCUT2D eigenvalue weighted by atomic mass is 10.1. The average Bonchev–Trinajstić information content (AvgIpc) is 3.39. The topological polar surface area (TPSA) is 56.1 Å². The Balaban J connectivity index is 1.59. The summed E-state index contributed by atoms with van der Waals surface area (Å²) in [5.41, 5.74) is 1.90. The van der Waals surface area contributed by atoms with E-state index >= 15 is 0 Å². The molecule has 0 saturated heterocycles. The molecule has 4 rings (SSSR count). The van der Waals surface area contributed by atoms with Gasteiger partial charge in [-0.1, -0.05) is 6.07 Å². The van der Waals surface area contributed by atoms with Gasteiger partial charge in [0.15, 0.2) is 4.96 Å². The van der Waals surface area contributed by atoms with E-state index in [2.05, 4.69) is 9.88 Å². The molecule has 1 aliphatic carbocycles. The maximum Gasteiger partial charge on any atom is 0.258 e. The molecule has 136 valence electrons. The Hall–Kier alpha value is -2.38. The number of benzene rings is 1. The van der Waals surface area contributed by atoms with Crippen molar-refractivity contribution in [1.29, 1.82) is 0 Å². The van der Waals surface area contributed by atoms with E-state index in [-0.39, 0.29) is 5.56 Å². The molecule has 0 bridgehead atoms. The van der Waals surface area contributed by atoms with Crippen molar-refractivity contribution >= 4 is 16.3 Å². The molecule has 7 heteroatoms. The number of rotatable bonds is 7. The van der Waals surface area contributed by atoms with Crippen LogP contribution < -0.4 is 15.0 Å². The largest absolute Gasteiger partial charge is 0.497 e. The summed E-state index contributed by atoms with van der Waals surface area (Å²) in [6, 6.07) is 8.07. The van der Waals surface area contributed by atoms with E-state index in [0.717, 1.165) is 34.3 Å². The van der Waals surface area contributed by atoms with Crippen LogP contribution >= 0.6 is 11.3 Å². The minimum Gasteiger partial charge on any atom is -0.497 e. The number of aromatic nitrogens is 2. The van der Waals surface area contributed by atoms with Crippen LogP contribution in [0.3, 0.4) is 0 Å². The van der Waals surface area contributed by atoms with Gasteiger partial charge in [0.2, 0.25) is 0 Å². The molecule has 1 aliphatic rings. The predicted molar refractivity (Wildman–Crippen MR) is 101 cm³/mol. The lowest BCUT2D eigenvalue weighted by molar-refractivity contribution is 0.238. The minimum absolute atomic E-state index is 0.0241. The maximum absolute atomic E-state index is 12.2. The zero-order valence-corrected chi connectivity index (χ0v) is 15.7. The molecule has 2 heterocycles. The van der Waals surface area contributed by atoms with Crippen molar-refractivity contribution in [3.63, 3.8) is 0 Å². The van der Waals surface area contributed by atoms with Gasteiger partial charge >= 0.3 is 0 Å². The van der Waals surface area contributed by atoms with Crippen LogP contribution in [0.4, 0.5) is 0 Å². The predicted octanol–water partition coefficient (Wildman–Crippen LogP) is 2.94. The first-order valence-corrected chi connectivity index (χ1v) is 9.46. The van der Waals surface area contributed by atoms with E-state index in [4.69, 9.17) is 9.47 Å². The van der Waals surface area contributed by atoms with Crippen LogP contribution in [0.1, 0.15) is 24.1 Å². The Morgan fingerprint density at radius 2 is 2.08 bits per heavy atom. The van der Waals surface area contributed by atoms with Crippen molar-refractivity contribution in [3.8, 4) is 11.5 Å². The molecule has 3 aromatic rings. The third-order valence-corrected chi connectivity index (χ3v) is 5.41. The van der Waals surface area contributed by atoms with Crippen molar-refractivity contribution in [1.82, 2.24) is 14.3 Å². The highest BCUT2D eigenvalue weighted by Crippen LogP contribution is 2.32. The molecule has 0 unspecified atom stereocenters. The second-order valence-corrected chi connectivity index (χ2v) is 7.33. The first kappa shape index (κ1) is 17.1. The molecule has 1 fully saturated rings. The summed E-state index contributed by atoms with van der Waals surface area (Å²) < 4.78 is 12.4. The van der Waals surface area contributed by atoms with Gasteiger partial charge < -0.3 is 9.47 Å². The molecule has 0 N–H and O–H groups in total. The van der Waals surface area contributed by atoms with Crippen LogP contribution in [-0.2, 0) is 13.1 Å². The van der Waals surface area contributed by atoms with Crippen molar-refractivity contribution in [3.05, 3.63) is 57.5 Å². The van der Waals surface area contributed by atoms with Gasteiger partial charge in [-0.05, 0) is 18.9 Å². The van der Waals surface area contributed by atoms with Crippen LogP contribution in [0.25, 0.3) is 4.96 Å². The standard InChI is InChI=1S/C19H21N3O3S/c1-24-16-6-3-13(17(10-16)25-2)11-21(15-4-5-15)12-14-9-18(23)22-7-8-26-19(22)20-14/h3,6-10,15H,4-5,11-12H2,1-2H3. The first-order chi connectivity index (χ1) is 12.7. The van der Waals surface area contributed by atoms with Gasteiger partial charge in [0.05, 0.1) is 19.9 Å². The van der Waals surface area contributed by atoms with E-state index < -0.39 is 0 Å². The Morgan fingerprint density at radius 3 is 2.81 bits per heavy atom. The molecule has 1 aromatic carbocycles. The smallest absolute Gasteiger partial charge is 0.258 e. The molecular weight excluding hydrogens is 350 g/mol. The number of methoxy groups -OCH3 is 2. The Kier molecular flexibility index (Phi) is 4.65. The summed E-state index contributed by atoms with van der Waals surface area (Å²) in [7, 11) is 3.32. The van der Waals surface area contributed by atoms with Crippen LogP contribution in [-0.4, -0.2) is 34.5 Å². The summed E-state index contributed by atoms with van der Waals surface area (Å²) in [5, 5.41) is 1.88. The fraction of sp³-hybridized carbons (Fsp3) is 0.368. The van der Waals surface area contributed by atoms with Gasteiger partial charge in [-0.15, -0.1) is 11.3 Å². The summed E-state index contributed by atoms with van der Waals surface area (Å²) in [5.74, 6) is 1.60. The van der Waals surface area contributed by atoms with Gasteiger partial charge in [0.25, 0.3) is 5.56 Å². The number of fused-ring (bicyclic) bond motifs is 1. The van der Waals surface area contributed by atoms with Crippen LogP contribution in [0.2, 0.25) is 0 Å². The highest BCUT2D eigenvalue weighted by molar-refractivity contribution is 7.15. The molecule has 6 nitrogen and oxygen atoms in total. The van der Waals surface area contributed by atoms with E-state index in [9.17, 15) is 4.79 Å². The number of nitrogens with zero attached hydrogens (tertiary/aromatic N) is 3. The van der Waals surface area contributed by atoms with Crippen LogP contribution in [0.5, 0.6) is 11.5 Å². The van der Waals surface area contributed by atoms with E-state index in [1.54, 1.807) is 30.9 Å². The fourth-order valence-corrected chi connectivity index (χ4v) is 3.87. The Morgan fingerprint density at radius 1 is 1.23 bits per heavy atom. The number of thiazole rings is 1. The minimum atomic E-state index is -0.0241. The average molecular weight is 371 g/mol. The number of hydrogen-bond donors (Lipinski definition) is 0. The van der Waals surface area contributed by atoms with E-state index in [1.807, 2.05) is 23.6 Å². The third kappa shape index (κ3) is 3.45. The Labute approximate surface area is 155 Å². The van der Waals surface area contributed by atoms with Crippen molar-refractivity contribution in [2.45, 2.75) is 32.0 Å². The summed E-state index contributed by atoms with van der Waals surface area (Å²) in [4.78, 5) is 20.0. The molecule has 0 radical (unpaired) electrons. The summed E-state index contributed by atoms with van der Waals surface area (Å²) in [6.45, 7) is 1.41. The van der Waals surface area contributed by atoms with Crippen molar-refractivity contribution in [2.75, 3.05) is 14.2 Å². The SMILES string of the molecule is COc1ccc(CN(Cc2cc(=O)n3ccsc3n2)C2CC2)c(OC)c1. The van der Waals surface area contributed by atoms with Crippen molar-refractivity contribution in [2.24, 2.45) is 0 Å². The monoisotopic (exact) mass is 371 g/mol. The van der Waals surface area contributed by atoms with Gasteiger partial charge in [-0.25, -0.2) is 4.98 Å². The van der Waals surface area contributed by atoms with Crippen LogP contribution in [0, 0.1) is 0 Å². The highest BCUT2D eigenvalue weighted by Gasteiger charge is 2.30. The number of hydrogen-bond acceptors (Lipinski definition) is 6. The molecular formula is C19H21N3O3S. The molecule has 2 aromatic heterocycles. The third-order valence-electron chi connectivity index (χ3n) is 4.65. The highest BCUT2D eigenvalue weighted by atomic mass is 32.1. The van der Waals surface area contributed by atoms with E-state index in [1.165, 1.54) is 24.2 Å². The lowest BCUT2D eigenvalue weighted by Gasteiger charge is -2.23. The molecule has 1 saturated carbocycles. The molecule has 0 spiro atoms. The molecule has 26 heavy (non-hydrogen) atoms. The Bertz CT molecular complexity index is 978. The van der Waals surface area contributed by atoms with Gasteiger partial charge in [-0.2, -0.15) is 0 Å². The normalized spacial score (nSPS) is 14.1. The summed E-state index contributed by atoms with van der Waals surface area (Å²) >= 11 is 1.48. The quantitative estimate of drug-likeness (QED) is 0.639. The fourth-order valence-electron chi connectivity index (χ4n) is 3.13. The van der Waals surface area contributed by atoms with Gasteiger partial charge in [-0.3, -0.25) is 14.1 Å². The molecule has 0 amide bonds. The van der Waals surface area contributed by atoms with E-state index in [0.29, 0.717) is 12.6 Å². The first-order valence-electron chi connectivity index (χ1n) is 8.58. The zero-order valence-electron chi connectivity index (χ0n) is 14.8. The number of ether oxygens (including phenoxy) is 2. The van der Waals surface area contributed by atoms with Gasteiger partial charge in [0.1, 0.15) is 11.5 Å². The summed E-state index contributed by atoms with van der Waals surface area (Å²) in [6.07, 6.45) is 4.12. The lowest BCUT2D eigenvalue weighted by Crippen LogP contribution is -2.27. The van der Waals surface area contributed by atoms with Crippen LogP contribution in [0.15, 0.2) is 40.6 Å². The van der Waals surface area contributed by atoms with Gasteiger partial charge in [0, 0.05) is 48.4 Å². The van der Waals surface area contributed by atoms with Crippen molar-refractivity contribution < 1.29 is 9.47 Å². The molecule has 0 aliphatic heterocycles. The second-order valence-electron chi connectivity index (χ2n) is 6.46. The second kappa shape index (κ2) is 7.09.